The van der Waals surface area contributed by atoms with E-state index in [4.69, 9.17) is 10.2 Å². The fourth-order valence-corrected chi connectivity index (χ4v) is 3.02. The Morgan fingerprint density at radius 3 is 3.00 bits per heavy atom. The van der Waals surface area contributed by atoms with E-state index in [9.17, 15) is 4.79 Å². The second-order valence-electron chi connectivity index (χ2n) is 5.84. The van der Waals surface area contributed by atoms with Crippen LogP contribution in [0.5, 0.6) is 0 Å². The number of nitrogens with two attached hydrogens (primary N) is 1. The molecular formula is C17H16N6O2. The Hall–Kier alpha value is -3.29. The number of anilines is 1. The summed E-state index contributed by atoms with van der Waals surface area (Å²) in [5.74, 6) is -0.0105. The third-order valence-electron chi connectivity index (χ3n) is 4.21. The molecule has 0 fully saturated rings. The van der Waals surface area contributed by atoms with E-state index in [0.717, 1.165) is 24.1 Å². The van der Waals surface area contributed by atoms with Crippen molar-refractivity contribution in [1.29, 1.82) is 0 Å². The average molecular weight is 336 g/mol. The zero-order chi connectivity index (χ0) is 17.4. The number of rotatable bonds is 3. The Kier molecular flexibility index (Phi) is 3.64. The van der Waals surface area contributed by atoms with Crippen molar-refractivity contribution in [3.63, 3.8) is 0 Å². The van der Waals surface area contributed by atoms with Crippen LogP contribution in [0.25, 0.3) is 11.6 Å². The number of carbonyl (C=O) groups excluding carboxylic acids is 1. The van der Waals surface area contributed by atoms with Crippen molar-refractivity contribution < 1.29 is 9.21 Å². The van der Waals surface area contributed by atoms with Gasteiger partial charge in [0.2, 0.25) is 5.89 Å². The summed E-state index contributed by atoms with van der Waals surface area (Å²) in [5, 5.41) is 2.95. The Morgan fingerprint density at radius 2 is 2.20 bits per heavy atom. The van der Waals surface area contributed by atoms with Crippen LogP contribution in [-0.2, 0) is 6.42 Å². The van der Waals surface area contributed by atoms with E-state index in [0.29, 0.717) is 17.3 Å². The molecule has 3 aromatic heterocycles. The quantitative estimate of drug-likeness (QED) is 0.748. The standard InChI is InChI=1S/C17H16N6O2/c1-9-12(17-20-7-8-25-17)23-15(18)14(21-9)16(24)22-11-5-4-10-3-2-6-19-13(10)11/h2-3,6-8,11H,4-5H2,1H3,(H2,18,23)(H,22,24)/t11-/m0/s1. The number of nitrogens with one attached hydrogen (secondary N) is 1. The molecule has 1 amide bonds. The molecule has 0 unspecified atom stereocenters. The van der Waals surface area contributed by atoms with Crippen molar-refractivity contribution in [2.45, 2.75) is 25.8 Å². The van der Waals surface area contributed by atoms with Gasteiger partial charge in [0.1, 0.15) is 12.0 Å². The van der Waals surface area contributed by atoms with Crippen LogP contribution in [0.15, 0.2) is 35.2 Å². The second kappa shape index (κ2) is 5.97. The summed E-state index contributed by atoms with van der Waals surface area (Å²) in [5.41, 5.74) is 9.04. The Bertz CT molecular complexity index is 938. The number of fused-ring (bicyclic) bond motifs is 1. The summed E-state index contributed by atoms with van der Waals surface area (Å²) in [7, 11) is 0. The van der Waals surface area contributed by atoms with E-state index >= 15 is 0 Å². The van der Waals surface area contributed by atoms with E-state index in [1.54, 1.807) is 13.1 Å². The van der Waals surface area contributed by atoms with Crippen LogP contribution in [-0.4, -0.2) is 25.8 Å². The van der Waals surface area contributed by atoms with E-state index in [1.807, 2.05) is 12.1 Å². The highest BCUT2D eigenvalue weighted by molar-refractivity contribution is 5.97. The predicted octanol–water partition coefficient (Wildman–Crippen LogP) is 1.83. The first-order valence-electron chi connectivity index (χ1n) is 7.92. The van der Waals surface area contributed by atoms with Crippen molar-refractivity contribution in [1.82, 2.24) is 25.3 Å². The van der Waals surface area contributed by atoms with Crippen LogP contribution < -0.4 is 11.1 Å². The molecule has 3 aromatic rings. The third kappa shape index (κ3) is 2.71. The first kappa shape index (κ1) is 15.3. The van der Waals surface area contributed by atoms with Crippen molar-refractivity contribution in [3.8, 4) is 11.6 Å². The zero-order valence-corrected chi connectivity index (χ0v) is 13.6. The fourth-order valence-electron chi connectivity index (χ4n) is 3.02. The molecule has 0 radical (unpaired) electrons. The van der Waals surface area contributed by atoms with E-state index in [1.165, 1.54) is 12.5 Å². The van der Waals surface area contributed by atoms with Crippen LogP contribution in [0.1, 0.15) is 39.9 Å². The minimum atomic E-state index is -0.365. The van der Waals surface area contributed by atoms with Gasteiger partial charge in [0, 0.05) is 6.20 Å². The monoisotopic (exact) mass is 336 g/mol. The highest BCUT2D eigenvalue weighted by Gasteiger charge is 2.27. The second-order valence-corrected chi connectivity index (χ2v) is 5.84. The van der Waals surface area contributed by atoms with Crippen LogP contribution in [0.4, 0.5) is 5.82 Å². The fraction of sp³-hybridized carbons (Fsp3) is 0.235. The number of hydrogen-bond donors (Lipinski definition) is 2. The molecule has 1 aliphatic carbocycles. The van der Waals surface area contributed by atoms with Gasteiger partial charge in [0.05, 0.1) is 23.6 Å². The van der Waals surface area contributed by atoms with E-state index < -0.39 is 0 Å². The maximum absolute atomic E-state index is 12.6. The molecular weight excluding hydrogens is 320 g/mol. The summed E-state index contributed by atoms with van der Waals surface area (Å²) in [4.78, 5) is 29.6. The molecule has 1 aliphatic rings. The smallest absolute Gasteiger partial charge is 0.274 e. The number of nitrogens with zero attached hydrogens (tertiary/aromatic N) is 4. The molecule has 8 nitrogen and oxygen atoms in total. The minimum absolute atomic E-state index is 0.0375. The molecule has 4 rings (SSSR count). The molecule has 3 heterocycles. The molecule has 0 saturated carbocycles. The third-order valence-corrected chi connectivity index (χ3v) is 4.21. The van der Waals surface area contributed by atoms with Gasteiger partial charge in [-0.25, -0.2) is 15.0 Å². The largest absolute Gasteiger partial charge is 0.443 e. The molecule has 126 valence electrons. The Morgan fingerprint density at radius 1 is 1.32 bits per heavy atom. The molecule has 1 atom stereocenters. The number of nitrogen functional groups attached to an aromatic ring is 1. The average Bonchev–Trinajstić information content (AvgIpc) is 3.27. The van der Waals surface area contributed by atoms with Gasteiger partial charge >= 0.3 is 0 Å². The minimum Gasteiger partial charge on any atom is -0.443 e. The summed E-state index contributed by atoms with van der Waals surface area (Å²) < 4.78 is 5.22. The predicted molar refractivity (Wildman–Crippen MR) is 89.4 cm³/mol. The lowest BCUT2D eigenvalue weighted by Gasteiger charge is -2.14. The molecule has 3 N–H and O–H groups in total. The summed E-state index contributed by atoms with van der Waals surface area (Å²) in [6, 6.07) is 3.78. The highest BCUT2D eigenvalue weighted by atomic mass is 16.3. The maximum atomic E-state index is 12.6. The number of oxazole rings is 1. The van der Waals surface area contributed by atoms with Gasteiger partial charge in [0.25, 0.3) is 5.91 Å². The van der Waals surface area contributed by atoms with Crippen molar-refractivity contribution in [2.75, 3.05) is 5.73 Å². The molecule has 8 heteroatoms. The molecule has 0 saturated heterocycles. The zero-order valence-electron chi connectivity index (χ0n) is 13.6. The van der Waals surface area contributed by atoms with E-state index in [2.05, 4.69) is 25.3 Å². The Labute approximate surface area is 143 Å². The number of carbonyl (C=O) groups is 1. The molecule has 0 aromatic carbocycles. The van der Waals surface area contributed by atoms with Crippen molar-refractivity contribution in [3.05, 3.63) is 53.4 Å². The highest BCUT2D eigenvalue weighted by Crippen LogP contribution is 2.29. The van der Waals surface area contributed by atoms with Crippen LogP contribution in [0.3, 0.4) is 0 Å². The number of hydrogen-bond acceptors (Lipinski definition) is 7. The number of amides is 1. The van der Waals surface area contributed by atoms with Gasteiger partial charge in [-0.1, -0.05) is 6.07 Å². The van der Waals surface area contributed by atoms with Crippen molar-refractivity contribution >= 4 is 11.7 Å². The Balaban J connectivity index is 1.60. The summed E-state index contributed by atoms with van der Waals surface area (Å²) >= 11 is 0. The summed E-state index contributed by atoms with van der Waals surface area (Å²) in [6.45, 7) is 1.73. The molecule has 0 spiro atoms. The van der Waals surface area contributed by atoms with Gasteiger partial charge in [-0.05, 0) is 31.4 Å². The lowest BCUT2D eigenvalue weighted by Crippen LogP contribution is -2.29. The number of pyridine rings is 1. The molecule has 25 heavy (non-hydrogen) atoms. The number of aryl methyl sites for hydroxylation is 2. The van der Waals surface area contributed by atoms with Crippen LogP contribution in [0.2, 0.25) is 0 Å². The normalized spacial score (nSPS) is 15.8. The molecule has 0 bridgehead atoms. The van der Waals surface area contributed by atoms with Gasteiger partial charge in [0.15, 0.2) is 11.5 Å². The lowest BCUT2D eigenvalue weighted by atomic mass is 10.2. The van der Waals surface area contributed by atoms with Gasteiger partial charge in [-0.2, -0.15) is 0 Å². The lowest BCUT2D eigenvalue weighted by molar-refractivity contribution is 0.0931. The first-order valence-corrected chi connectivity index (χ1v) is 7.92. The van der Waals surface area contributed by atoms with Gasteiger partial charge in [-0.3, -0.25) is 9.78 Å². The maximum Gasteiger partial charge on any atom is 0.274 e. The van der Waals surface area contributed by atoms with Gasteiger partial charge < -0.3 is 15.5 Å². The van der Waals surface area contributed by atoms with Crippen LogP contribution >= 0.6 is 0 Å². The SMILES string of the molecule is Cc1nc(C(=O)N[C@H]2CCc3cccnc32)c(N)nc1-c1ncco1. The van der Waals surface area contributed by atoms with Crippen LogP contribution in [0, 0.1) is 6.92 Å². The summed E-state index contributed by atoms with van der Waals surface area (Å²) in [6.07, 6.45) is 6.37. The van der Waals surface area contributed by atoms with Crippen molar-refractivity contribution in [2.24, 2.45) is 0 Å². The van der Waals surface area contributed by atoms with Gasteiger partial charge in [-0.15, -0.1) is 0 Å². The number of aromatic nitrogens is 4. The molecule has 0 aliphatic heterocycles. The van der Waals surface area contributed by atoms with E-state index in [-0.39, 0.29) is 23.5 Å². The topological polar surface area (TPSA) is 120 Å². The first-order chi connectivity index (χ1) is 12.1.